The molecule has 1 atom stereocenters. The summed E-state index contributed by atoms with van der Waals surface area (Å²) >= 11 is 0. The van der Waals surface area contributed by atoms with Gasteiger partial charge in [-0.2, -0.15) is 4.31 Å². The summed E-state index contributed by atoms with van der Waals surface area (Å²) in [6, 6.07) is 2.96. The van der Waals surface area contributed by atoms with Gasteiger partial charge in [-0.3, -0.25) is 0 Å². The number of nitrogens with zero attached hydrogens (tertiary/aromatic N) is 2. The van der Waals surface area contributed by atoms with Gasteiger partial charge in [-0.25, -0.2) is 13.4 Å². The van der Waals surface area contributed by atoms with Gasteiger partial charge < -0.3 is 10.5 Å². The first-order valence-corrected chi connectivity index (χ1v) is 7.24. The maximum Gasteiger partial charge on any atom is 0.244 e. The van der Waals surface area contributed by atoms with Crippen LogP contribution in [0.3, 0.4) is 0 Å². The topological polar surface area (TPSA) is 85.5 Å². The third-order valence-corrected chi connectivity index (χ3v) is 4.83. The SMILES string of the molecule is COc1ccc(S(=O)(=O)N2CCC[C@@H](N)C2)cn1.Cl. The van der Waals surface area contributed by atoms with Crippen LogP contribution in [0.25, 0.3) is 0 Å². The van der Waals surface area contributed by atoms with Crippen LogP contribution in [0.4, 0.5) is 0 Å². The Morgan fingerprint density at radius 2 is 2.21 bits per heavy atom. The average molecular weight is 308 g/mol. The second kappa shape index (κ2) is 6.51. The van der Waals surface area contributed by atoms with Crippen molar-refractivity contribution in [2.75, 3.05) is 20.2 Å². The summed E-state index contributed by atoms with van der Waals surface area (Å²) in [5.41, 5.74) is 5.80. The van der Waals surface area contributed by atoms with Crippen LogP contribution >= 0.6 is 12.4 Å². The van der Waals surface area contributed by atoms with Crippen LogP contribution in [-0.4, -0.2) is 43.9 Å². The number of hydrogen-bond acceptors (Lipinski definition) is 5. The van der Waals surface area contributed by atoms with E-state index in [0.717, 1.165) is 12.8 Å². The molecule has 0 aromatic carbocycles. The minimum atomic E-state index is -3.48. The van der Waals surface area contributed by atoms with Gasteiger partial charge in [0.2, 0.25) is 15.9 Å². The molecule has 1 fully saturated rings. The monoisotopic (exact) mass is 307 g/mol. The summed E-state index contributed by atoms with van der Waals surface area (Å²) in [7, 11) is -2.00. The molecule has 0 saturated carbocycles. The second-order valence-corrected chi connectivity index (χ2v) is 6.24. The molecule has 0 unspecified atom stereocenters. The highest BCUT2D eigenvalue weighted by Gasteiger charge is 2.29. The Kier molecular flexibility index (Phi) is 5.54. The quantitative estimate of drug-likeness (QED) is 0.885. The largest absolute Gasteiger partial charge is 0.481 e. The van der Waals surface area contributed by atoms with E-state index in [9.17, 15) is 8.42 Å². The van der Waals surface area contributed by atoms with Crippen molar-refractivity contribution in [2.24, 2.45) is 5.73 Å². The smallest absolute Gasteiger partial charge is 0.244 e. The van der Waals surface area contributed by atoms with Gasteiger partial charge in [-0.05, 0) is 18.9 Å². The lowest BCUT2D eigenvalue weighted by Gasteiger charge is -2.29. The van der Waals surface area contributed by atoms with Gasteiger partial charge in [-0.1, -0.05) is 0 Å². The molecule has 1 aliphatic rings. The Labute approximate surface area is 119 Å². The van der Waals surface area contributed by atoms with Crippen molar-refractivity contribution in [1.29, 1.82) is 0 Å². The van der Waals surface area contributed by atoms with Gasteiger partial charge in [0.25, 0.3) is 0 Å². The van der Waals surface area contributed by atoms with Crippen LogP contribution < -0.4 is 10.5 Å². The fourth-order valence-electron chi connectivity index (χ4n) is 1.98. The number of hydrogen-bond donors (Lipinski definition) is 1. The Morgan fingerprint density at radius 3 is 2.74 bits per heavy atom. The number of pyridine rings is 1. The van der Waals surface area contributed by atoms with E-state index in [0.29, 0.717) is 19.0 Å². The Hall–Kier alpha value is -0.890. The van der Waals surface area contributed by atoms with E-state index in [-0.39, 0.29) is 23.3 Å². The molecule has 2 heterocycles. The highest BCUT2D eigenvalue weighted by Crippen LogP contribution is 2.20. The van der Waals surface area contributed by atoms with Gasteiger partial charge in [-0.15, -0.1) is 12.4 Å². The molecule has 19 heavy (non-hydrogen) atoms. The van der Waals surface area contributed by atoms with Crippen molar-refractivity contribution in [3.8, 4) is 5.88 Å². The predicted molar refractivity (Wildman–Crippen MR) is 74.0 cm³/mol. The van der Waals surface area contributed by atoms with Crippen molar-refractivity contribution >= 4 is 22.4 Å². The van der Waals surface area contributed by atoms with Crippen molar-refractivity contribution in [2.45, 2.75) is 23.8 Å². The first kappa shape index (κ1) is 16.2. The van der Waals surface area contributed by atoms with E-state index >= 15 is 0 Å². The molecule has 0 aliphatic carbocycles. The predicted octanol–water partition coefficient (Wildman–Crippen LogP) is 0.624. The van der Waals surface area contributed by atoms with Crippen LogP contribution in [0.5, 0.6) is 5.88 Å². The van der Waals surface area contributed by atoms with Gasteiger partial charge >= 0.3 is 0 Å². The standard InChI is InChI=1S/C11H17N3O3S.ClH/c1-17-11-5-4-10(7-13-11)18(15,16)14-6-2-3-9(12)8-14;/h4-5,7,9H,2-3,6,8,12H2,1H3;1H/t9-;/m1./s1. The molecule has 0 radical (unpaired) electrons. The summed E-state index contributed by atoms with van der Waals surface area (Å²) in [5, 5.41) is 0. The van der Waals surface area contributed by atoms with Crippen molar-refractivity contribution in [1.82, 2.24) is 9.29 Å². The minimum Gasteiger partial charge on any atom is -0.481 e. The molecule has 6 nitrogen and oxygen atoms in total. The number of aromatic nitrogens is 1. The second-order valence-electron chi connectivity index (χ2n) is 4.30. The van der Waals surface area contributed by atoms with Gasteiger partial charge in [0, 0.05) is 25.2 Å². The number of piperidine rings is 1. The number of ether oxygens (including phenoxy) is 1. The molecule has 0 amide bonds. The van der Waals surface area contributed by atoms with Gasteiger partial charge in [0.1, 0.15) is 4.90 Å². The van der Waals surface area contributed by atoms with Gasteiger partial charge in [0.15, 0.2) is 0 Å². The number of sulfonamides is 1. The Bertz CT molecular complexity index is 506. The lowest BCUT2D eigenvalue weighted by molar-refractivity contribution is 0.316. The molecule has 8 heteroatoms. The molecule has 1 aromatic rings. The normalized spacial score (nSPS) is 20.6. The van der Waals surface area contributed by atoms with Crippen LogP contribution in [0.2, 0.25) is 0 Å². The lowest BCUT2D eigenvalue weighted by Crippen LogP contribution is -2.45. The molecule has 2 N–H and O–H groups in total. The highest BCUT2D eigenvalue weighted by atomic mass is 35.5. The highest BCUT2D eigenvalue weighted by molar-refractivity contribution is 7.89. The van der Waals surface area contributed by atoms with Crippen LogP contribution in [0.1, 0.15) is 12.8 Å². The van der Waals surface area contributed by atoms with Crippen molar-refractivity contribution in [3.63, 3.8) is 0 Å². The van der Waals surface area contributed by atoms with E-state index in [4.69, 9.17) is 10.5 Å². The van der Waals surface area contributed by atoms with Crippen molar-refractivity contribution in [3.05, 3.63) is 18.3 Å². The molecular formula is C11H18ClN3O3S. The molecule has 0 spiro atoms. The zero-order chi connectivity index (χ0) is 13.2. The summed E-state index contributed by atoms with van der Waals surface area (Å²) in [4.78, 5) is 4.10. The summed E-state index contributed by atoms with van der Waals surface area (Å²) in [6.45, 7) is 0.885. The Morgan fingerprint density at radius 1 is 1.47 bits per heavy atom. The number of methoxy groups -OCH3 is 1. The number of halogens is 1. The average Bonchev–Trinajstić information content (AvgIpc) is 2.39. The van der Waals surface area contributed by atoms with E-state index < -0.39 is 10.0 Å². The van der Waals surface area contributed by atoms with E-state index in [1.54, 1.807) is 0 Å². The number of nitrogens with two attached hydrogens (primary N) is 1. The molecule has 1 aromatic heterocycles. The van der Waals surface area contributed by atoms with Crippen LogP contribution in [0.15, 0.2) is 23.2 Å². The molecule has 1 saturated heterocycles. The summed E-state index contributed by atoms with van der Waals surface area (Å²) in [6.07, 6.45) is 2.98. The Balaban J connectivity index is 0.00000180. The fourth-order valence-corrected chi connectivity index (χ4v) is 3.46. The first-order chi connectivity index (χ1) is 8.54. The maximum absolute atomic E-state index is 12.3. The lowest BCUT2D eigenvalue weighted by atomic mass is 10.1. The zero-order valence-electron chi connectivity index (χ0n) is 10.7. The third kappa shape index (κ3) is 3.56. The fraction of sp³-hybridized carbons (Fsp3) is 0.545. The minimum absolute atomic E-state index is 0. The summed E-state index contributed by atoms with van der Waals surface area (Å²) < 4.78 is 31.0. The number of rotatable bonds is 3. The molecule has 108 valence electrons. The molecule has 1 aliphatic heterocycles. The molecule has 2 rings (SSSR count). The zero-order valence-corrected chi connectivity index (χ0v) is 12.3. The molecule has 0 bridgehead atoms. The van der Waals surface area contributed by atoms with Gasteiger partial charge in [0.05, 0.1) is 13.3 Å². The van der Waals surface area contributed by atoms with E-state index in [2.05, 4.69) is 4.98 Å². The van der Waals surface area contributed by atoms with Crippen molar-refractivity contribution < 1.29 is 13.2 Å². The maximum atomic E-state index is 12.3. The van der Waals surface area contributed by atoms with Crippen LogP contribution in [0, 0.1) is 0 Å². The van der Waals surface area contributed by atoms with E-state index in [1.807, 2.05) is 0 Å². The third-order valence-electron chi connectivity index (χ3n) is 2.98. The van der Waals surface area contributed by atoms with Crippen LogP contribution in [-0.2, 0) is 10.0 Å². The first-order valence-electron chi connectivity index (χ1n) is 5.80. The van der Waals surface area contributed by atoms with E-state index in [1.165, 1.54) is 29.7 Å². The molecular weight excluding hydrogens is 290 g/mol. The summed E-state index contributed by atoms with van der Waals surface area (Å²) in [5.74, 6) is 0.393.